The normalized spacial score (nSPS) is 10.0. The van der Waals surface area contributed by atoms with Crippen LogP contribution in [0.4, 0.5) is 5.69 Å². The van der Waals surface area contributed by atoms with Crippen LogP contribution in [0.2, 0.25) is 0 Å². The number of aryl methyl sites for hydroxylation is 2. The molecule has 0 bridgehead atoms. The molecule has 5 nitrogen and oxygen atoms in total. The molecule has 25 heavy (non-hydrogen) atoms. The van der Waals surface area contributed by atoms with Gasteiger partial charge >= 0.3 is 0 Å². The van der Waals surface area contributed by atoms with Gasteiger partial charge in [0.25, 0.3) is 0 Å². The summed E-state index contributed by atoms with van der Waals surface area (Å²) in [5.74, 6) is 4.92. The third-order valence-corrected chi connectivity index (χ3v) is 4.16. The van der Waals surface area contributed by atoms with Crippen molar-refractivity contribution in [2.75, 3.05) is 18.0 Å². The zero-order valence-electron chi connectivity index (χ0n) is 14.5. The zero-order chi connectivity index (χ0) is 17.4. The summed E-state index contributed by atoms with van der Waals surface area (Å²) in [6.07, 6.45) is 4.10. The Morgan fingerprint density at radius 2 is 1.68 bits per heavy atom. The van der Waals surface area contributed by atoms with Crippen molar-refractivity contribution in [3.63, 3.8) is 0 Å². The van der Waals surface area contributed by atoms with E-state index in [-0.39, 0.29) is 13.3 Å². The predicted octanol–water partition coefficient (Wildman–Crippen LogP) is 2.88. The Morgan fingerprint density at radius 1 is 1.04 bits per heavy atom. The number of benzene rings is 1. The lowest BCUT2D eigenvalue weighted by Gasteiger charge is -2.20. The van der Waals surface area contributed by atoms with Crippen LogP contribution in [0, 0.1) is 0 Å². The highest BCUT2D eigenvalue weighted by Crippen LogP contribution is 2.14. The van der Waals surface area contributed by atoms with Crippen LogP contribution in [0.5, 0.6) is 0 Å². The molecule has 1 aromatic carbocycles. The number of nitrogens with two attached hydrogens (primary N) is 1. The molecule has 0 aliphatic heterocycles. The van der Waals surface area contributed by atoms with Gasteiger partial charge in [-0.3, -0.25) is 15.2 Å². The Labute approximate surface area is 151 Å². The van der Waals surface area contributed by atoms with E-state index in [9.17, 15) is 4.79 Å². The molecule has 0 aliphatic carbocycles. The second kappa shape index (κ2) is 10.5. The number of nitrogens with zero attached hydrogens (tertiary/aromatic N) is 2. The molecule has 136 valence electrons. The summed E-state index contributed by atoms with van der Waals surface area (Å²) in [4.78, 5) is 18.1. The first-order chi connectivity index (χ1) is 11.7. The molecule has 1 aromatic heterocycles. The van der Waals surface area contributed by atoms with Crippen molar-refractivity contribution >= 4 is 11.6 Å². The smallest absolute Gasteiger partial charge is 0.238 e. The van der Waals surface area contributed by atoms with E-state index in [1.807, 2.05) is 18.3 Å². The Hall–Kier alpha value is -2.40. The molecular weight excluding hydrogens is 312 g/mol. The third-order valence-electron chi connectivity index (χ3n) is 4.16. The molecule has 0 saturated heterocycles. The van der Waals surface area contributed by atoms with Gasteiger partial charge in [0.15, 0.2) is 0 Å². The van der Waals surface area contributed by atoms with Gasteiger partial charge in [-0.05, 0) is 49.9 Å². The molecule has 5 heteroatoms. The van der Waals surface area contributed by atoms with Crippen LogP contribution in [-0.4, -0.2) is 24.0 Å². The standard InChI is InChI=1S/C19H26N4O.CH4/c1-3-23(4-2)18-12-11-17(21-14-18)10-9-15-5-7-16(8-6-15)13-19(24)22-20;/h5-8,11-12,14H,3-4,9-10,13,20H2,1-2H3,(H,22,24);1H4. The number of pyridine rings is 1. The molecule has 2 aromatic rings. The summed E-state index contributed by atoms with van der Waals surface area (Å²) >= 11 is 0. The van der Waals surface area contributed by atoms with Gasteiger partial charge in [0.2, 0.25) is 5.91 Å². The number of carbonyl (C=O) groups excluding carboxylic acids is 1. The minimum Gasteiger partial charge on any atom is -0.371 e. The molecule has 3 N–H and O–H groups in total. The lowest BCUT2D eigenvalue weighted by atomic mass is 10.0. The Balaban J connectivity index is 0.00000312. The molecule has 0 fully saturated rings. The molecule has 0 spiro atoms. The minimum absolute atomic E-state index is 0. The van der Waals surface area contributed by atoms with Crippen molar-refractivity contribution in [1.29, 1.82) is 0 Å². The fourth-order valence-electron chi connectivity index (χ4n) is 2.67. The Bertz CT molecular complexity index is 634. The number of hydrogen-bond acceptors (Lipinski definition) is 4. The van der Waals surface area contributed by atoms with Crippen LogP contribution >= 0.6 is 0 Å². The van der Waals surface area contributed by atoms with Crippen LogP contribution in [-0.2, 0) is 24.1 Å². The van der Waals surface area contributed by atoms with E-state index in [4.69, 9.17) is 5.84 Å². The number of rotatable bonds is 8. The second-order valence-electron chi connectivity index (χ2n) is 5.74. The summed E-state index contributed by atoms with van der Waals surface area (Å²) in [6.45, 7) is 6.29. The van der Waals surface area contributed by atoms with Crippen LogP contribution in [0.1, 0.15) is 38.1 Å². The highest BCUT2D eigenvalue weighted by Gasteiger charge is 2.04. The summed E-state index contributed by atoms with van der Waals surface area (Å²) in [5.41, 5.74) is 6.61. The maximum absolute atomic E-state index is 11.2. The maximum atomic E-state index is 11.2. The number of amides is 1. The van der Waals surface area contributed by atoms with Gasteiger partial charge < -0.3 is 4.90 Å². The highest BCUT2D eigenvalue weighted by atomic mass is 16.2. The number of nitrogens with one attached hydrogen (secondary N) is 1. The predicted molar refractivity (Wildman–Crippen MR) is 104 cm³/mol. The molecule has 0 saturated carbocycles. The second-order valence-corrected chi connectivity index (χ2v) is 5.74. The summed E-state index contributed by atoms with van der Waals surface area (Å²) < 4.78 is 0. The maximum Gasteiger partial charge on any atom is 0.238 e. The Kier molecular flexibility index (Phi) is 8.64. The average Bonchev–Trinajstić information content (AvgIpc) is 2.63. The van der Waals surface area contributed by atoms with Gasteiger partial charge in [0.05, 0.1) is 18.3 Å². The minimum atomic E-state index is -0.180. The van der Waals surface area contributed by atoms with E-state index >= 15 is 0 Å². The number of carbonyl (C=O) groups is 1. The van der Waals surface area contributed by atoms with Gasteiger partial charge in [-0.25, -0.2) is 5.84 Å². The first-order valence-electron chi connectivity index (χ1n) is 8.43. The number of hydrazine groups is 1. The van der Waals surface area contributed by atoms with Gasteiger partial charge in [0.1, 0.15) is 0 Å². The number of anilines is 1. The van der Waals surface area contributed by atoms with E-state index in [2.05, 4.69) is 53.4 Å². The third kappa shape index (κ3) is 6.19. The molecule has 0 atom stereocenters. The van der Waals surface area contributed by atoms with E-state index in [0.717, 1.165) is 37.2 Å². The van der Waals surface area contributed by atoms with Crippen molar-refractivity contribution < 1.29 is 4.79 Å². The van der Waals surface area contributed by atoms with E-state index in [1.165, 1.54) is 11.3 Å². The van der Waals surface area contributed by atoms with Crippen LogP contribution in [0.3, 0.4) is 0 Å². The number of aromatic nitrogens is 1. The van der Waals surface area contributed by atoms with Crippen LogP contribution in [0.15, 0.2) is 42.6 Å². The molecule has 2 rings (SSSR count). The van der Waals surface area contributed by atoms with E-state index in [1.54, 1.807) is 0 Å². The summed E-state index contributed by atoms with van der Waals surface area (Å²) in [6, 6.07) is 12.3. The van der Waals surface area contributed by atoms with Crippen LogP contribution < -0.4 is 16.2 Å². The van der Waals surface area contributed by atoms with Gasteiger partial charge in [-0.2, -0.15) is 0 Å². The quantitative estimate of drug-likeness (QED) is 0.440. The van der Waals surface area contributed by atoms with E-state index < -0.39 is 0 Å². The van der Waals surface area contributed by atoms with Crippen molar-refractivity contribution in [3.8, 4) is 0 Å². The largest absolute Gasteiger partial charge is 0.371 e. The average molecular weight is 342 g/mol. The van der Waals surface area contributed by atoms with Crippen molar-refractivity contribution in [3.05, 3.63) is 59.4 Å². The first kappa shape index (κ1) is 20.6. The van der Waals surface area contributed by atoms with E-state index in [0.29, 0.717) is 6.42 Å². The molecule has 1 amide bonds. The van der Waals surface area contributed by atoms with Crippen LogP contribution in [0.25, 0.3) is 0 Å². The van der Waals surface area contributed by atoms with Crippen molar-refractivity contribution in [1.82, 2.24) is 10.4 Å². The first-order valence-corrected chi connectivity index (χ1v) is 8.43. The molecule has 0 radical (unpaired) electrons. The van der Waals surface area contributed by atoms with Gasteiger partial charge in [-0.1, -0.05) is 31.7 Å². The van der Waals surface area contributed by atoms with Gasteiger partial charge in [0, 0.05) is 18.8 Å². The summed E-state index contributed by atoms with van der Waals surface area (Å²) in [5, 5.41) is 0. The zero-order valence-corrected chi connectivity index (χ0v) is 14.5. The molecule has 0 unspecified atom stereocenters. The molecule has 0 aliphatic rings. The number of hydrogen-bond donors (Lipinski definition) is 2. The molecule has 1 heterocycles. The fourth-order valence-corrected chi connectivity index (χ4v) is 2.67. The highest BCUT2D eigenvalue weighted by molar-refractivity contribution is 5.77. The Morgan fingerprint density at radius 3 is 2.20 bits per heavy atom. The SMILES string of the molecule is C.CCN(CC)c1ccc(CCc2ccc(CC(=O)NN)cc2)nc1. The fraction of sp³-hybridized carbons (Fsp3) is 0.400. The van der Waals surface area contributed by atoms with Gasteiger partial charge in [-0.15, -0.1) is 0 Å². The lowest BCUT2D eigenvalue weighted by molar-refractivity contribution is -0.120. The van der Waals surface area contributed by atoms with Crippen molar-refractivity contribution in [2.24, 2.45) is 5.84 Å². The summed E-state index contributed by atoms with van der Waals surface area (Å²) in [7, 11) is 0. The lowest BCUT2D eigenvalue weighted by Crippen LogP contribution is -2.31. The van der Waals surface area contributed by atoms with Crippen molar-refractivity contribution in [2.45, 2.75) is 40.5 Å². The molecular formula is C20H30N4O. The topological polar surface area (TPSA) is 71.2 Å². The monoisotopic (exact) mass is 342 g/mol.